The van der Waals surface area contributed by atoms with E-state index in [1.54, 1.807) is 6.07 Å². The highest BCUT2D eigenvalue weighted by Crippen LogP contribution is 2.44. The Hall–Kier alpha value is -3.14. The zero-order valence-corrected chi connectivity index (χ0v) is 19.9. The number of hydrogen-bond acceptors (Lipinski definition) is 3. The van der Waals surface area contributed by atoms with E-state index in [0.29, 0.717) is 17.9 Å². The van der Waals surface area contributed by atoms with Gasteiger partial charge in [-0.2, -0.15) is 0 Å². The van der Waals surface area contributed by atoms with Crippen molar-refractivity contribution in [1.82, 2.24) is 0 Å². The van der Waals surface area contributed by atoms with Gasteiger partial charge < -0.3 is 9.47 Å². The highest BCUT2D eigenvalue weighted by atomic mass is 19.1. The number of methoxy groups -OCH3 is 1. The number of ether oxygens (including phenoxy) is 2. The van der Waals surface area contributed by atoms with Crippen molar-refractivity contribution in [1.29, 1.82) is 0 Å². The summed E-state index contributed by atoms with van der Waals surface area (Å²) >= 11 is 0. The summed E-state index contributed by atoms with van der Waals surface area (Å²) in [5.74, 6) is 1.27. The van der Waals surface area contributed by atoms with Crippen LogP contribution >= 0.6 is 0 Å². The Labute approximate surface area is 200 Å². The van der Waals surface area contributed by atoms with Crippen LogP contribution in [0.1, 0.15) is 66.4 Å². The summed E-state index contributed by atoms with van der Waals surface area (Å²) in [5, 5.41) is 0. The molecule has 3 aromatic carbocycles. The maximum atomic E-state index is 14.3. The number of carbonyl (C=O) groups excluding carboxylic acids is 1. The van der Waals surface area contributed by atoms with Crippen LogP contribution in [0.15, 0.2) is 60.7 Å². The maximum absolute atomic E-state index is 14.3. The average Bonchev–Trinajstić information content (AvgIpc) is 2.83. The lowest BCUT2D eigenvalue weighted by Gasteiger charge is -2.34. The van der Waals surface area contributed by atoms with Crippen molar-refractivity contribution >= 4 is 5.97 Å². The summed E-state index contributed by atoms with van der Waals surface area (Å²) in [6.07, 6.45) is 5.78. The van der Waals surface area contributed by atoms with E-state index in [-0.39, 0.29) is 23.8 Å². The molecular formula is C30H31FO3. The topological polar surface area (TPSA) is 35.5 Å². The van der Waals surface area contributed by atoms with Gasteiger partial charge in [-0.25, -0.2) is 4.39 Å². The van der Waals surface area contributed by atoms with Crippen molar-refractivity contribution in [3.8, 4) is 16.9 Å². The van der Waals surface area contributed by atoms with E-state index in [4.69, 9.17) is 9.47 Å². The molecule has 4 heteroatoms. The molecule has 2 aliphatic rings. The van der Waals surface area contributed by atoms with Crippen LogP contribution in [0.2, 0.25) is 0 Å². The van der Waals surface area contributed by atoms with E-state index in [9.17, 15) is 9.18 Å². The van der Waals surface area contributed by atoms with Crippen LogP contribution in [0.3, 0.4) is 0 Å². The van der Waals surface area contributed by atoms with E-state index in [1.165, 1.54) is 30.7 Å². The van der Waals surface area contributed by atoms with E-state index < -0.39 is 0 Å². The van der Waals surface area contributed by atoms with Crippen LogP contribution < -0.4 is 4.74 Å². The molecule has 0 amide bonds. The van der Waals surface area contributed by atoms with Crippen LogP contribution in [-0.4, -0.2) is 13.1 Å². The van der Waals surface area contributed by atoms with Crippen LogP contribution in [0.5, 0.6) is 5.75 Å². The highest BCUT2D eigenvalue weighted by Gasteiger charge is 2.32. The van der Waals surface area contributed by atoms with Crippen molar-refractivity contribution < 1.29 is 18.7 Å². The molecule has 5 rings (SSSR count). The number of hydrogen-bond donors (Lipinski definition) is 0. The smallest absolute Gasteiger partial charge is 0.306 e. The predicted molar refractivity (Wildman–Crippen MR) is 131 cm³/mol. The van der Waals surface area contributed by atoms with Crippen LogP contribution in [0, 0.1) is 18.7 Å². The molecule has 0 N–H and O–H groups in total. The van der Waals surface area contributed by atoms with Gasteiger partial charge in [-0.15, -0.1) is 0 Å². The molecular weight excluding hydrogens is 427 g/mol. The third kappa shape index (κ3) is 4.59. The molecule has 0 spiro atoms. The second kappa shape index (κ2) is 9.61. The first-order valence-corrected chi connectivity index (χ1v) is 12.2. The molecule has 2 atom stereocenters. The highest BCUT2D eigenvalue weighted by molar-refractivity contribution is 5.70. The van der Waals surface area contributed by atoms with Crippen molar-refractivity contribution in [2.45, 2.75) is 57.5 Å². The first-order chi connectivity index (χ1) is 16.5. The Balaban J connectivity index is 1.36. The quantitative estimate of drug-likeness (QED) is 0.363. The van der Waals surface area contributed by atoms with Gasteiger partial charge in [0.05, 0.1) is 13.5 Å². The first kappa shape index (κ1) is 22.6. The molecule has 34 heavy (non-hydrogen) atoms. The molecule has 1 aliphatic carbocycles. The maximum Gasteiger partial charge on any atom is 0.306 e. The van der Waals surface area contributed by atoms with E-state index in [2.05, 4.69) is 18.2 Å². The summed E-state index contributed by atoms with van der Waals surface area (Å²) in [5.41, 5.74) is 6.01. The Bertz CT molecular complexity index is 1180. The van der Waals surface area contributed by atoms with Crippen molar-refractivity contribution in [3.63, 3.8) is 0 Å². The Morgan fingerprint density at radius 2 is 1.85 bits per heavy atom. The molecule has 1 aliphatic heterocycles. The van der Waals surface area contributed by atoms with Gasteiger partial charge in [0, 0.05) is 5.56 Å². The molecule has 3 aromatic rings. The molecule has 1 fully saturated rings. The number of fused-ring (bicyclic) bond motifs is 1. The van der Waals surface area contributed by atoms with Gasteiger partial charge in [-0.1, -0.05) is 54.4 Å². The fourth-order valence-corrected chi connectivity index (χ4v) is 5.25. The zero-order valence-electron chi connectivity index (χ0n) is 19.9. The minimum absolute atomic E-state index is 0.0399. The van der Waals surface area contributed by atoms with Crippen molar-refractivity contribution in [3.05, 3.63) is 88.7 Å². The summed E-state index contributed by atoms with van der Waals surface area (Å²) in [4.78, 5) is 12.1. The number of aryl methyl sites for hydroxylation is 2. The zero-order chi connectivity index (χ0) is 23.7. The van der Waals surface area contributed by atoms with Gasteiger partial charge in [-0.3, -0.25) is 4.79 Å². The second-order valence-electron chi connectivity index (χ2n) is 9.70. The fourth-order valence-electron chi connectivity index (χ4n) is 5.25. The van der Waals surface area contributed by atoms with Gasteiger partial charge in [0.2, 0.25) is 0 Å². The normalized spacial score (nSPS) is 18.4. The van der Waals surface area contributed by atoms with Gasteiger partial charge >= 0.3 is 5.97 Å². The third-order valence-corrected chi connectivity index (χ3v) is 7.51. The molecule has 0 aromatic heterocycles. The van der Waals surface area contributed by atoms with E-state index in [0.717, 1.165) is 48.1 Å². The summed E-state index contributed by atoms with van der Waals surface area (Å²) in [7, 11) is 1.46. The molecule has 1 saturated carbocycles. The van der Waals surface area contributed by atoms with Crippen molar-refractivity contribution in [2.24, 2.45) is 5.92 Å². The number of esters is 1. The first-order valence-electron chi connectivity index (χ1n) is 12.2. The van der Waals surface area contributed by atoms with E-state index >= 15 is 0 Å². The standard InChI is InChI=1S/C30H31FO3/c1-19-6-14-27(31)26(16-19)21-7-9-22(10-8-21)28-15-13-23-11-12-24(17-29(23)34-28)25(18-30(32)33-2)20-4-3-5-20/h6-12,14,16-17,20,25,28H,3-5,13,15,18H2,1-2H3. The Morgan fingerprint density at radius 1 is 1.06 bits per heavy atom. The second-order valence-corrected chi connectivity index (χ2v) is 9.70. The van der Waals surface area contributed by atoms with Crippen molar-refractivity contribution in [2.75, 3.05) is 7.11 Å². The molecule has 0 bridgehead atoms. The lowest BCUT2D eigenvalue weighted by Crippen LogP contribution is -2.24. The lowest BCUT2D eigenvalue weighted by atomic mass is 9.71. The van der Waals surface area contributed by atoms with Gasteiger partial charge in [0.15, 0.2) is 0 Å². The largest absolute Gasteiger partial charge is 0.485 e. The predicted octanol–water partition coefficient (Wildman–Crippen LogP) is 7.31. The van der Waals surface area contributed by atoms with Crippen LogP contribution in [-0.2, 0) is 16.0 Å². The summed E-state index contributed by atoms with van der Waals surface area (Å²) in [6.45, 7) is 1.97. The molecule has 3 nitrogen and oxygen atoms in total. The minimum atomic E-state index is -0.207. The summed E-state index contributed by atoms with van der Waals surface area (Å²) in [6, 6.07) is 19.7. The fraction of sp³-hybridized carbons (Fsp3) is 0.367. The molecule has 1 heterocycles. The van der Waals surface area contributed by atoms with E-state index in [1.807, 2.05) is 37.3 Å². The molecule has 0 saturated heterocycles. The molecule has 2 unspecified atom stereocenters. The summed E-state index contributed by atoms with van der Waals surface area (Å²) < 4.78 is 25.8. The van der Waals surface area contributed by atoms with Crippen LogP contribution in [0.4, 0.5) is 4.39 Å². The number of carbonyl (C=O) groups is 1. The van der Waals surface area contributed by atoms with Gasteiger partial charge in [-0.05, 0) is 84.9 Å². The minimum Gasteiger partial charge on any atom is -0.485 e. The average molecular weight is 459 g/mol. The number of rotatable bonds is 6. The van der Waals surface area contributed by atoms with Gasteiger partial charge in [0.1, 0.15) is 17.7 Å². The number of benzene rings is 3. The lowest BCUT2D eigenvalue weighted by molar-refractivity contribution is -0.141. The van der Waals surface area contributed by atoms with Crippen LogP contribution in [0.25, 0.3) is 11.1 Å². The van der Waals surface area contributed by atoms with Gasteiger partial charge in [0.25, 0.3) is 0 Å². The molecule has 0 radical (unpaired) electrons. The SMILES string of the molecule is COC(=O)CC(c1ccc2c(c1)OC(c1ccc(-c3cc(C)ccc3F)cc1)CC2)C1CCC1. The third-order valence-electron chi connectivity index (χ3n) is 7.51. The molecule has 176 valence electrons. The number of halogens is 1. The monoisotopic (exact) mass is 458 g/mol. The Kier molecular flexibility index (Phi) is 6.40. The Morgan fingerprint density at radius 3 is 2.56 bits per heavy atom.